The van der Waals surface area contributed by atoms with Crippen LogP contribution in [0.15, 0.2) is 73.1 Å². The zero-order chi connectivity index (χ0) is 81.8. The van der Waals surface area contributed by atoms with Gasteiger partial charge in [0.1, 0.15) is 49.8 Å². The van der Waals surface area contributed by atoms with Gasteiger partial charge in [-0.2, -0.15) is 0 Å². The van der Waals surface area contributed by atoms with Crippen molar-refractivity contribution in [3.8, 4) is 34.8 Å². The van der Waals surface area contributed by atoms with Gasteiger partial charge in [0.15, 0.2) is 34.6 Å². The number of rotatable bonds is 16. The third-order valence-corrected chi connectivity index (χ3v) is 29.6. The number of carbonyl (C=O) groups is 8. The van der Waals surface area contributed by atoms with Gasteiger partial charge in [0.25, 0.3) is 0 Å². The quantitative estimate of drug-likeness (QED) is 0.0777. The zero-order valence-electron chi connectivity index (χ0n) is 68.0. The van der Waals surface area contributed by atoms with Crippen molar-refractivity contribution in [2.45, 2.75) is 256 Å². The number of nitrogens with zero attached hydrogens (tertiary/aromatic N) is 4. The van der Waals surface area contributed by atoms with Crippen LogP contribution in [0.25, 0.3) is 21.5 Å². The maximum atomic E-state index is 15.1. The predicted octanol–water partition coefficient (Wildman–Crippen LogP) is 12.1. The summed E-state index contributed by atoms with van der Waals surface area (Å²) < 4.78 is 104. The number of allylic oxidation sites excluding steroid dienone is 4. The summed E-state index contributed by atoms with van der Waals surface area (Å²) in [7, 11) is -7.92. The minimum Gasteiger partial charge on any atom is -0.486 e. The van der Waals surface area contributed by atoms with Crippen LogP contribution in [0, 0.1) is 58.2 Å². The molecule has 10 aliphatic rings. The number of esters is 2. The Bertz CT molecular complexity index is 4400. The second-order valence-electron chi connectivity index (χ2n) is 36.4. The van der Waals surface area contributed by atoms with E-state index in [1.807, 2.05) is 62.4 Å². The molecule has 14 atom stereocenters. The Labute approximate surface area is 669 Å². The summed E-state index contributed by atoms with van der Waals surface area (Å²) in [6, 6.07) is 8.97. The van der Waals surface area contributed by atoms with Crippen molar-refractivity contribution in [2.75, 3.05) is 39.5 Å². The average Bonchev–Trinajstić information content (AvgIpc) is 1.57. The molecule has 620 valence electrons. The molecule has 4 saturated carbocycles. The Kier molecular flexibility index (Phi) is 23.9. The fraction of sp³-hybridized carbons (Fsp3) is 0.651. The highest BCUT2D eigenvalue weighted by Crippen LogP contribution is 2.60. The van der Waals surface area contributed by atoms with Crippen molar-refractivity contribution >= 4 is 88.7 Å². The molecule has 114 heavy (non-hydrogen) atoms. The smallest absolute Gasteiger partial charge is 0.307 e. The third kappa shape index (κ3) is 18.1. The molecule has 0 spiro atoms. The molecule has 2 aromatic heterocycles. The van der Waals surface area contributed by atoms with Crippen LogP contribution in [0.1, 0.15) is 212 Å². The molecule has 4 aliphatic carbocycles. The number of fused-ring (bicyclic) bond motifs is 10. The molecule has 14 rings (SSSR count). The van der Waals surface area contributed by atoms with Gasteiger partial charge in [-0.25, -0.2) is 26.8 Å². The summed E-state index contributed by atoms with van der Waals surface area (Å²) in [6.45, 7) is 24.1. The fourth-order valence-corrected chi connectivity index (χ4v) is 20.5. The summed E-state index contributed by atoms with van der Waals surface area (Å²) in [5.41, 5.74) is -4.06. The largest absolute Gasteiger partial charge is 0.486 e. The lowest BCUT2D eigenvalue weighted by Gasteiger charge is -2.33. The molecule has 2 saturated heterocycles. The Morgan fingerprint density at radius 1 is 0.535 bits per heavy atom. The van der Waals surface area contributed by atoms with Gasteiger partial charge in [-0.3, -0.25) is 47.8 Å². The first-order valence-electron chi connectivity index (χ1n) is 41.1. The Hall–Kier alpha value is -8.40. The van der Waals surface area contributed by atoms with Gasteiger partial charge >= 0.3 is 11.9 Å². The van der Waals surface area contributed by atoms with Gasteiger partial charge in [0.05, 0.1) is 70.2 Å². The molecule has 6 fully saturated rings. The van der Waals surface area contributed by atoms with E-state index < -0.39 is 111 Å². The molecule has 0 radical (unpaired) electrons. The predicted molar refractivity (Wildman–Crippen MR) is 424 cm³/mol. The van der Waals surface area contributed by atoms with Crippen LogP contribution in [0.2, 0.25) is 0 Å². The number of carbonyl (C=O) groups excluding carboxylic acids is 8. The maximum Gasteiger partial charge on any atom is 0.307 e. The second-order valence-corrected chi connectivity index (χ2v) is 40.8. The highest BCUT2D eigenvalue weighted by molar-refractivity contribution is 7.92. The first kappa shape index (κ1) is 83.5. The molecular weight excluding hydrogens is 1500 g/mol. The number of ether oxygens (including phenoxy) is 8. The van der Waals surface area contributed by atoms with Crippen molar-refractivity contribution in [2.24, 2.45) is 58.2 Å². The van der Waals surface area contributed by atoms with Gasteiger partial charge in [0, 0.05) is 59.6 Å². The highest BCUT2D eigenvalue weighted by atomic mass is 32.2. The number of hydrogen-bond donors (Lipinski definition) is 2. The van der Waals surface area contributed by atoms with Crippen molar-refractivity contribution in [3.05, 3.63) is 73.1 Å². The minimum absolute atomic E-state index is 0.0456. The number of ketones is 2. The SMILES string of the molecule is CC[C@@H]1C[C@@H](C)CC/C=C\[C@@H]2C[C@@]2(C(=O)NS(=O)(=O)C2(C)CC2)CC(=O)[C@@H]2C[C@@H](Oc3nccc4c5c(ccc34)OCCO5)CN2C(=O)[C@H]1CC(=O)OC(C)(C)C.CC[C@@H]1C[C@H](C)CC/C=C\[C@@H]2C[C@@]2(C(=O)NS(=O)(=O)C2(C)CC2)CC(=O)[C@@H]2C[C@@H](Oc3nccc4c5c(ccc34)OCCO5)CN2C(=O)[C@H]1CC(=O)OC(C)(C)C. The molecule has 4 amide bonds. The standard InChI is InChI=1S/2C43H57N3O10S/c2*1-7-27-20-26(2)10-8-9-11-28-23-43(28,40(50)45-57(51,52)42(6)15-16-42)24-34(47)33-21-29(25-46(33)39(49)32(27)22-36(48)56-41(3,4)5)55-38-31-12-13-35-37(54-19-18-53-35)30(31)14-17-44-38/h2*9,11-14,17,26-29,32-33H,7-8,10,15-16,18-25H2,1-6H3,(H,45,50)/b2*11-9-/t26-,27+,28+,29+,32-,33-,43+;26-,27-,28-,29-,32+,33+,43-/m01/s1. The van der Waals surface area contributed by atoms with E-state index in [9.17, 15) is 45.6 Å². The highest BCUT2D eigenvalue weighted by Gasteiger charge is 2.65. The number of nitrogens with one attached hydrogen (secondary N) is 2. The van der Waals surface area contributed by atoms with E-state index in [-0.39, 0.29) is 111 Å². The number of sulfonamides is 2. The summed E-state index contributed by atoms with van der Waals surface area (Å²) in [5.74, 6) is -2.78. The van der Waals surface area contributed by atoms with Crippen molar-refractivity contribution in [1.82, 2.24) is 29.2 Å². The first-order valence-corrected chi connectivity index (χ1v) is 44.1. The molecule has 8 heterocycles. The number of hydrogen-bond acceptors (Lipinski definition) is 22. The van der Waals surface area contributed by atoms with E-state index in [2.05, 4.69) is 33.3 Å². The van der Waals surface area contributed by atoms with Crippen LogP contribution >= 0.6 is 0 Å². The van der Waals surface area contributed by atoms with Crippen LogP contribution < -0.4 is 37.9 Å². The minimum atomic E-state index is -3.96. The van der Waals surface area contributed by atoms with Crippen LogP contribution in [0.5, 0.6) is 34.8 Å². The van der Waals surface area contributed by atoms with E-state index >= 15 is 9.59 Å². The Morgan fingerprint density at radius 2 is 0.912 bits per heavy atom. The maximum absolute atomic E-state index is 15.1. The molecule has 0 unspecified atom stereocenters. The fourth-order valence-electron chi connectivity index (χ4n) is 17.8. The van der Waals surface area contributed by atoms with Crippen molar-refractivity contribution in [1.29, 1.82) is 0 Å². The molecular formula is C86H114N6O20S2. The van der Waals surface area contributed by atoms with E-state index in [1.54, 1.807) is 89.7 Å². The number of aromatic nitrogens is 2. The van der Waals surface area contributed by atoms with Crippen LogP contribution in [0.3, 0.4) is 0 Å². The van der Waals surface area contributed by atoms with Gasteiger partial charge in [-0.15, -0.1) is 0 Å². The number of benzene rings is 2. The first-order chi connectivity index (χ1) is 53.9. The summed E-state index contributed by atoms with van der Waals surface area (Å²) in [4.78, 5) is 127. The molecule has 2 aromatic carbocycles. The molecule has 0 bridgehead atoms. The van der Waals surface area contributed by atoms with Crippen molar-refractivity contribution in [3.63, 3.8) is 0 Å². The lowest BCUT2D eigenvalue weighted by Crippen LogP contribution is -2.48. The van der Waals surface area contributed by atoms with E-state index in [0.29, 0.717) is 136 Å². The monoisotopic (exact) mass is 1610 g/mol. The molecule has 26 nitrogen and oxygen atoms in total. The third-order valence-electron chi connectivity index (χ3n) is 25.3. The van der Waals surface area contributed by atoms with Crippen LogP contribution in [-0.2, 0) is 67.9 Å². The van der Waals surface area contributed by atoms with Gasteiger partial charge in [-0.1, -0.05) is 64.8 Å². The zero-order valence-corrected chi connectivity index (χ0v) is 69.6. The lowest BCUT2D eigenvalue weighted by atomic mass is 9.79. The van der Waals surface area contributed by atoms with Gasteiger partial charge in [-0.05, 0) is 204 Å². The average molecular weight is 1620 g/mol. The Balaban J connectivity index is 0.000000199. The summed E-state index contributed by atoms with van der Waals surface area (Å²) in [6.07, 6.45) is 17.5. The molecule has 2 N–H and O–H groups in total. The van der Waals surface area contributed by atoms with Gasteiger partial charge in [0.2, 0.25) is 55.4 Å². The molecule has 6 aliphatic heterocycles. The van der Waals surface area contributed by atoms with E-state index in [1.165, 1.54) is 0 Å². The molecule has 4 aromatic rings. The van der Waals surface area contributed by atoms with Crippen LogP contribution in [0.4, 0.5) is 0 Å². The van der Waals surface area contributed by atoms with Crippen molar-refractivity contribution < 1.29 is 93.1 Å². The Morgan fingerprint density at radius 3 is 1.27 bits per heavy atom. The van der Waals surface area contributed by atoms with E-state index in [0.717, 1.165) is 36.5 Å². The number of pyridine rings is 2. The molecule has 28 heteroatoms. The normalized spacial score (nSPS) is 30.6. The van der Waals surface area contributed by atoms with Gasteiger partial charge < -0.3 is 47.7 Å². The second kappa shape index (κ2) is 32.6. The van der Waals surface area contributed by atoms with E-state index in [4.69, 9.17) is 37.9 Å². The number of Topliss-reactive ketones (excluding diaryl/α,β-unsaturated/α-hetero) is 2. The topological polar surface area (TPSA) is 335 Å². The van der Waals surface area contributed by atoms with Crippen LogP contribution in [-0.4, -0.2) is 168 Å². The summed E-state index contributed by atoms with van der Waals surface area (Å²) >= 11 is 0. The lowest BCUT2D eigenvalue weighted by molar-refractivity contribution is -0.160. The summed E-state index contributed by atoms with van der Waals surface area (Å²) in [5, 5.41) is 2.87. The number of amides is 4.